The van der Waals surface area contributed by atoms with E-state index in [2.05, 4.69) is 31.2 Å². The summed E-state index contributed by atoms with van der Waals surface area (Å²) in [4.78, 5) is 8.39. The van der Waals surface area contributed by atoms with Crippen LogP contribution in [0, 0.1) is 0 Å². The van der Waals surface area contributed by atoms with Gasteiger partial charge in [0.25, 0.3) is 0 Å². The summed E-state index contributed by atoms with van der Waals surface area (Å²) >= 11 is 3.39. The van der Waals surface area contributed by atoms with E-state index in [1.54, 1.807) is 6.92 Å². The fraction of sp³-hybridized carbons (Fsp3) is 0.176. The van der Waals surface area contributed by atoms with Gasteiger partial charge in [-0.2, -0.15) is 13.2 Å². The number of alkyl halides is 3. The van der Waals surface area contributed by atoms with E-state index in [1.165, 1.54) is 12.4 Å². The molecule has 130 valence electrons. The Hall–Kier alpha value is -2.35. The second-order valence-electron chi connectivity index (χ2n) is 5.64. The molecule has 0 aliphatic heterocycles. The minimum absolute atomic E-state index is 0.0637. The number of nitrogen functional groups attached to an aromatic ring is 1. The van der Waals surface area contributed by atoms with Crippen LogP contribution in [-0.4, -0.2) is 9.97 Å². The minimum atomic E-state index is -4.45. The number of aromatic nitrogens is 2. The van der Waals surface area contributed by atoms with Gasteiger partial charge in [-0.15, -0.1) is 0 Å². The first-order chi connectivity index (χ1) is 11.7. The van der Waals surface area contributed by atoms with Gasteiger partial charge in [-0.3, -0.25) is 0 Å². The van der Waals surface area contributed by atoms with Crippen molar-refractivity contribution in [3.05, 3.63) is 58.3 Å². The summed E-state index contributed by atoms with van der Waals surface area (Å²) in [6.45, 7) is 1.75. The molecule has 3 rings (SSSR count). The molecule has 0 bridgehead atoms. The van der Waals surface area contributed by atoms with Crippen LogP contribution in [-0.2, 0) is 6.18 Å². The van der Waals surface area contributed by atoms with Crippen LogP contribution in [0.25, 0.3) is 10.9 Å². The van der Waals surface area contributed by atoms with Crippen LogP contribution in [0.5, 0.6) is 0 Å². The summed E-state index contributed by atoms with van der Waals surface area (Å²) in [7, 11) is 0. The van der Waals surface area contributed by atoms with E-state index in [9.17, 15) is 13.2 Å². The van der Waals surface area contributed by atoms with E-state index in [1.807, 2.05) is 18.2 Å². The van der Waals surface area contributed by atoms with Gasteiger partial charge in [0.15, 0.2) is 0 Å². The normalized spacial score (nSPS) is 13.0. The SMILES string of the molecule is C[C@@H](Nc1ncnc2ccc(Br)cc12)c1cc(N)cc(C(F)(F)F)c1. The standard InChI is InChI=1S/C17H14BrF3N4/c1-9(10-4-11(17(19,20)21)6-13(22)5-10)25-16-14-7-12(18)2-3-15(14)23-8-24-16/h2-9H,22H2,1H3,(H,23,24,25)/t9-/m1/s1. The summed E-state index contributed by atoms with van der Waals surface area (Å²) in [5.41, 5.74) is 6.09. The number of anilines is 2. The molecule has 3 N–H and O–H groups in total. The molecule has 3 aromatic rings. The maximum atomic E-state index is 13.0. The molecule has 0 spiro atoms. The van der Waals surface area contributed by atoms with Gasteiger partial charge in [0.1, 0.15) is 12.1 Å². The molecule has 1 aromatic heterocycles. The van der Waals surface area contributed by atoms with Gasteiger partial charge in [-0.25, -0.2) is 9.97 Å². The Morgan fingerprint density at radius 1 is 1.12 bits per heavy atom. The molecule has 1 heterocycles. The van der Waals surface area contributed by atoms with Gasteiger partial charge in [0, 0.05) is 15.5 Å². The van der Waals surface area contributed by atoms with Crippen molar-refractivity contribution in [1.82, 2.24) is 9.97 Å². The van der Waals surface area contributed by atoms with Gasteiger partial charge in [0.2, 0.25) is 0 Å². The number of rotatable bonds is 3. The first-order valence-electron chi connectivity index (χ1n) is 7.38. The third-order valence-electron chi connectivity index (χ3n) is 3.76. The number of hydrogen-bond donors (Lipinski definition) is 2. The van der Waals surface area contributed by atoms with Crippen LogP contribution in [0.2, 0.25) is 0 Å². The maximum Gasteiger partial charge on any atom is 0.416 e. The van der Waals surface area contributed by atoms with Gasteiger partial charge in [-0.1, -0.05) is 15.9 Å². The second kappa shape index (κ2) is 6.51. The molecular formula is C17H14BrF3N4. The van der Waals surface area contributed by atoms with Crippen molar-refractivity contribution in [2.24, 2.45) is 0 Å². The zero-order valence-corrected chi connectivity index (χ0v) is 14.7. The molecule has 0 aliphatic carbocycles. The smallest absolute Gasteiger partial charge is 0.399 e. The first kappa shape index (κ1) is 17.5. The molecule has 0 fully saturated rings. The highest BCUT2D eigenvalue weighted by atomic mass is 79.9. The van der Waals surface area contributed by atoms with Crippen molar-refractivity contribution in [3.63, 3.8) is 0 Å². The van der Waals surface area contributed by atoms with Crippen molar-refractivity contribution in [2.45, 2.75) is 19.1 Å². The highest BCUT2D eigenvalue weighted by Crippen LogP contribution is 2.34. The van der Waals surface area contributed by atoms with Crippen LogP contribution >= 0.6 is 15.9 Å². The number of hydrogen-bond acceptors (Lipinski definition) is 4. The molecular weight excluding hydrogens is 397 g/mol. The highest BCUT2D eigenvalue weighted by molar-refractivity contribution is 9.10. The Kier molecular flexibility index (Phi) is 4.55. The lowest BCUT2D eigenvalue weighted by atomic mass is 10.0. The highest BCUT2D eigenvalue weighted by Gasteiger charge is 2.31. The van der Waals surface area contributed by atoms with E-state index >= 15 is 0 Å². The lowest BCUT2D eigenvalue weighted by molar-refractivity contribution is -0.137. The molecule has 25 heavy (non-hydrogen) atoms. The largest absolute Gasteiger partial charge is 0.416 e. The molecule has 0 saturated heterocycles. The lowest BCUT2D eigenvalue weighted by Crippen LogP contribution is -2.12. The lowest BCUT2D eigenvalue weighted by Gasteiger charge is -2.18. The number of nitrogens with zero attached hydrogens (tertiary/aromatic N) is 2. The van der Waals surface area contributed by atoms with Crippen molar-refractivity contribution in [3.8, 4) is 0 Å². The molecule has 2 aromatic carbocycles. The van der Waals surface area contributed by atoms with Gasteiger partial charge >= 0.3 is 6.18 Å². The van der Waals surface area contributed by atoms with Crippen molar-refractivity contribution >= 4 is 38.3 Å². The Labute approximate surface area is 150 Å². The Bertz CT molecular complexity index is 927. The van der Waals surface area contributed by atoms with Crippen LogP contribution in [0.3, 0.4) is 0 Å². The van der Waals surface area contributed by atoms with Crippen LogP contribution < -0.4 is 11.1 Å². The fourth-order valence-corrected chi connectivity index (χ4v) is 2.88. The first-order valence-corrected chi connectivity index (χ1v) is 8.18. The van der Waals surface area contributed by atoms with Crippen molar-refractivity contribution < 1.29 is 13.2 Å². The molecule has 0 saturated carbocycles. The molecule has 0 aliphatic rings. The Balaban J connectivity index is 1.97. The van der Waals surface area contributed by atoms with E-state index in [-0.39, 0.29) is 5.69 Å². The van der Waals surface area contributed by atoms with E-state index in [0.717, 1.165) is 27.5 Å². The third-order valence-corrected chi connectivity index (χ3v) is 4.25. The molecule has 4 nitrogen and oxygen atoms in total. The summed E-state index contributed by atoms with van der Waals surface area (Å²) in [5.74, 6) is 0.537. The number of fused-ring (bicyclic) bond motifs is 1. The van der Waals surface area contributed by atoms with E-state index < -0.39 is 17.8 Å². The predicted octanol–water partition coefficient (Wildman–Crippen LogP) is 5.17. The number of halogens is 4. The number of benzene rings is 2. The zero-order chi connectivity index (χ0) is 18.2. The zero-order valence-electron chi connectivity index (χ0n) is 13.1. The average molecular weight is 411 g/mol. The third kappa shape index (κ3) is 3.84. The average Bonchev–Trinajstić information content (AvgIpc) is 2.54. The molecule has 0 amide bonds. The quantitative estimate of drug-likeness (QED) is 0.584. The van der Waals surface area contributed by atoms with Crippen molar-refractivity contribution in [1.29, 1.82) is 0 Å². The summed E-state index contributed by atoms with van der Waals surface area (Å²) in [6, 6.07) is 8.65. The van der Waals surface area contributed by atoms with Crippen LogP contribution in [0.15, 0.2) is 47.2 Å². The molecule has 1 atom stereocenters. The number of nitrogens with two attached hydrogens (primary N) is 1. The van der Waals surface area contributed by atoms with Crippen LogP contribution in [0.1, 0.15) is 24.1 Å². The Morgan fingerprint density at radius 2 is 1.88 bits per heavy atom. The monoisotopic (exact) mass is 410 g/mol. The molecule has 0 unspecified atom stereocenters. The maximum absolute atomic E-state index is 13.0. The number of nitrogens with one attached hydrogen (secondary N) is 1. The van der Waals surface area contributed by atoms with Gasteiger partial charge in [-0.05, 0) is 48.9 Å². The molecule has 0 radical (unpaired) electrons. The summed E-state index contributed by atoms with van der Waals surface area (Å²) in [5, 5.41) is 3.91. The Morgan fingerprint density at radius 3 is 2.60 bits per heavy atom. The van der Waals surface area contributed by atoms with Gasteiger partial charge < -0.3 is 11.1 Å². The predicted molar refractivity (Wildman–Crippen MR) is 95.1 cm³/mol. The summed E-state index contributed by atoms with van der Waals surface area (Å²) < 4.78 is 39.8. The van der Waals surface area contributed by atoms with E-state index in [0.29, 0.717) is 11.4 Å². The van der Waals surface area contributed by atoms with E-state index in [4.69, 9.17) is 5.73 Å². The van der Waals surface area contributed by atoms with Gasteiger partial charge in [0.05, 0.1) is 17.1 Å². The topological polar surface area (TPSA) is 63.8 Å². The van der Waals surface area contributed by atoms with Crippen LogP contribution in [0.4, 0.5) is 24.7 Å². The summed E-state index contributed by atoms with van der Waals surface area (Å²) in [6.07, 6.45) is -3.04. The second-order valence-corrected chi connectivity index (χ2v) is 6.55. The molecule has 8 heteroatoms. The minimum Gasteiger partial charge on any atom is -0.399 e. The van der Waals surface area contributed by atoms with Crippen molar-refractivity contribution in [2.75, 3.05) is 11.1 Å². The fourth-order valence-electron chi connectivity index (χ4n) is 2.52.